The van der Waals surface area contributed by atoms with E-state index in [9.17, 15) is 15.0 Å². The van der Waals surface area contributed by atoms with Gasteiger partial charge in [0.2, 0.25) is 0 Å². The van der Waals surface area contributed by atoms with Crippen LogP contribution in [-0.4, -0.2) is 21.3 Å². The van der Waals surface area contributed by atoms with Crippen molar-refractivity contribution in [1.82, 2.24) is 0 Å². The third kappa shape index (κ3) is 2.27. The van der Waals surface area contributed by atoms with Gasteiger partial charge >= 0.3 is 5.97 Å². The van der Waals surface area contributed by atoms with Gasteiger partial charge in [0, 0.05) is 16.5 Å². The first-order valence-corrected chi connectivity index (χ1v) is 4.99. The van der Waals surface area contributed by atoms with E-state index in [1.165, 1.54) is 6.07 Å². The smallest absolute Gasteiger partial charge is 0.304 e. The summed E-state index contributed by atoms with van der Waals surface area (Å²) in [6.45, 7) is 5.07. The molecule has 0 heterocycles. The van der Waals surface area contributed by atoms with E-state index in [0.29, 0.717) is 11.1 Å². The molecule has 0 aliphatic heterocycles. The molecule has 0 atom stereocenters. The number of hydrogen-bond acceptors (Lipinski definition) is 3. The van der Waals surface area contributed by atoms with Crippen LogP contribution in [0, 0.1) is 6.92 Å². The molecular weight excluding hydrogens is 208 g/mol. The van der Waals surface area contributed by atoms with E-state index in [2.05, 4.69) is 0 Å². The number of phenols is 2. The second kappa shape index (κ2) is 4.04. The van der Waals surface area contributed by atoms with Gasteiger partial charge in [-0.15, -0.1) is 0 Å². The standard InChI is InChI=1S/C12H16O4/c1-7-9(13)5-4-8(11(7)16)12(2,3)6-10(14)15/h4-5,13,16H,6H2,1-3H3,(H,14,15). The molecule has 0 amide bonds. The number of carboxylic acid groups (broad SMARTS) is 1. The fraction of sp³-hybridized carbons (Fsp3) is 0.417. The van der Waals surface area contributed by atoms with Gasteiger partial charge < -0.3 is 15.3 Å². The van der Waals surface area contributed by atoms with Crippen molar-refractivity contribution in [3.8, 4) is 11.5 Å². The minimum absolute atomic E-state index is 0.00683. The molecule has 1 rings (SSSR count). The SMILES string of the molecule is Cc1c(O)ccc(C(C)(C)CC(=O)O)c1O. The lowest BCUT2D eigenvalue weighted by Gasteiger charge is -2.25. The lowest BCUT2D eigenvalue weighted by molar-refractivity contribution is -0.138. The number of phenolic OH excluding ortho intramolecular Hbond substituents is 2. The van der Waals surface area contributed by atoms with Crippen molar-refractivity contribution >= 4 is 5.97 Å². The minimum atomic E-state index is -0.921. The normalized spacial score (nSPS) is 11.4. The average molecular weight is 224 g/mol. The van der Waals surface area contributed by atoms with Crippen molar-refractivity contribution in [3.05, 3.63) is 23.3 Å². The number of hydrogen-bond donors (Lipinski definition) is 3. The van der Waals surface area contributed by atoms with Crippen LogP contribution in [-0.2, 0) is 10.2 Å². The molecule has 3 N–H and O–H groups in total. The summed E-state index contributed by atoms with van der Waals surface area (Å²) >= 11 is 0. The van der Waals surface area contributed by atoms with Gasteiger partial charge in [0.05, 0.1) is 6.42 Å². The molecule has 0 aliphatic rings. The molecule has 0 saturated heterocycles. The average Bonchev–Trinajstić information content (AvgIpc) is 2.11. The number of carbonyl (C=O) groups is 1. The van der Waals surface area contributed by atoms with Crippen LogP contribution in [0.5, 0.6) is 11.5 Å². The Morgan fingerprint density at radius 1 is 1.31 bits per heavy atom. The van der Waals surface area contributed by atoms with Crippen LogP contribution in [0.4, 0.5) is 0 Å². The van der Waals surface area contributed by atoms with Crippen molar-refractivity contribution in [2.45, 2.75) is 32.6 Å². The zero-order valence-corrected chi connectivity index (χ0v) is 9.61. The van der Waals surface area contributed by atoms with E-state index in [0.717, 1.165) is 0 Å². The second-order valence-electron chi connectivity index (χ2n) is 4.56. The summed E-state index contributed by atoms with van der Waals surface area (Å²) in [6, 6.07) is 3.02. The van der Waals surface area contributed by atoms with Crippen molar-refractivity contribution in [2.75, 3.05) is 0 Å². The molecule has 0 saturated carbocycles. The highest BCUT2D eigenvalue weighted by molar-refractivity contribution is 5.69. The highest BCUT2D eigenvalue weighted by atomic mass is 16.4. The second-order valence-corrected chi connectivity index (χ2v) is 4.56. The fourth-order valence-corrected chi connectivity index (χ4v) is 1.71. The number of benzene rings is 1. The molecule has 0 unspecified atom stereocenters. The van der Waals surface area contributed by atoms with E-state index in [1.807, 2.05) is 0 Å². The topological polar surface area (TPSA) is 77.8 Å². The van der Waals surface area contributed by atoms with Crippen LogP contribution in [0.2, 0.25) is 0 Å². The summed E-state index contributed by atoms with van der Waals surface area (Å²) in [5.74, 6) is -0.950. The lowest BCUT2D eigenvalue weighted by atomic mass is 9.80. The van der Waals surface area contributed by atoms with Crippen LogP contribution in [0.1, 0.15) is 31.4 Å². The Balaban J connectivity index is 3.23. The Bertz CT molecular complexity index is 421. The van der Waals surface area contributed by atoms with Gasteiger partial charge in [0.15, 0.2) is 0 Å². The maximum absolute atomic E-state index is 10.7. The quantitative estimate of drug-likeness (QED) is 0.735. The van der Waals surface area contributed by atoms with Gasteiger partial charge in [-0.05, 0) is 13.0 Å². The molecular formula is C12H16O4. The third-order valence-electron chi connectivity index (χ3n) is 2.72. The highest BCUT2D eigenvalue weighted by Crippen LogP contribution is 2.38. The van der Waals surface area contributed by atoms with Crippen LogP contribution in [0.15, 0.2) is 12.1 Å². The van der Waals surface area contributed by atoms with Crippen LogP contribution in [0.3, 0.4) is 0 Å². The van der Waals surface area contributed by atoms with Crippen LogP contribution >= 0.6 is 0 Å². The molecule has 4 heteroatoms. The summed E-state index contributed by atoms with van der Waals surface area (Å²) in [5.41, 5.74) is 0.232. The Kier molecular flexibility index (Phi) is 3.12. The molecule has 0 fully saturated rings. The van der Waals surface area contributed by atoms with Gasteiger partial charge in [-0.2, -0.15) is 0 Å². The molecule has 0 aromatic heterocycles. The monoisotopic (exact) mass is 224 g/mol. The number of rotatable bonds is 3. The third-order valence-corrected chi connectivity index (χ3v) is 2.72. The van der Waals surface area contributed by atoms with Crippen LogP contribution in [0.25, 0.3) is 0 Å². The predicted octanol–water partition coefficient (Wildman–Crippen LogP) is 2.16. The summed E-state index contributed by atoms with van der Waals surface area (Å²) in [6.07, 6.45) is -0.0786. The Morgan fingerprint density at radius 3 is 2.38 bits per heavy atom. The van der Waals surface area contributed by atoms with E-state index in [4.69, 9.17) is 5.11 Å². The summed E-state index contributed by atoms with van der Waals surface area (Å²) < 4.78 is 0. The van der Waals surface area contributed by atoms with Gasteiger partial charge in [-0.1, -0.05) is 19.9 Å². The molecule has 1 aromatic carbocycles. The molecule has 0 radical (unpaired) electrons. The Morgan fingerprint density at radius 2 is 1.88 bits per heavy atom. The maximum Gasteiger partial charge on any atom is 0.304 e. The van der Waals surface area contributed by atoms with Crippen molar-refractivity contribution in [2.24, 2.45) is 0 Å². The number of aliphatic carboxylic acids is 1. The molecule has 4 nitrogen and oxygen atoms in total. The number of aromatic hydroxyl groups is 2. The lowest BCUT2D eigenvalue weighted by Crippen LogP contribution is -2.21. The Labute approximate surface area is 94.2 Å². The summed E-state index contributed by atoms with van der Waals surface area (Å²) in [5, 5.41) is 28.1. The molecule has 16 heavy (non-hydrogen) atoms. The van der Waals surface area contributed by atoms with Crippen LogP contribution < -0.4 is 0 Å². The van der Waals surface area contributed by atoms with E-state index >= 15 is 0 Å². The first-order chi connectivity index (χ1) is 7.25. The largest absolute Gasteiger partial charge is 0.508 e. The molecule has 0 aliphatic carbocycles. The van der Waals surface area contributed by atoms with Crippen molar-refractivity contribution in [3.63, 3.8) is 0 Å². The number of carboxylic acids is 1. The molecule has 0 spiro atoms. The predicted molar refractivity (Wildman–Crippen MR) is 59.8 cm³/mol. The first kappa shape index (κ1) is 12.4. The zero-order chi connectivity index (χ0) is 12.5. The van der Waals surface area contributed by atoms with Gasteiger partial charge in [0.25, 0.3) is 0 Å². The fourth-order valence-electron chi connectivity index (χ4n) is 1.71. The van der Waals surface area contributed by atoms with E-state index in [-0.39, 0.29) is 17.9 Å². The van der Waals surface area contributed by atoms with Crippen molar-refractivity contribution in [1.29, 1.82) is 0 Å². The van der Waals surface area contributed by atoms with Crippen molar-refractivity contribution < 1.29 is 20.1 Å². The summed E-state index contributed by atoms with van der Waals surface area (Å²) in [7, 11) is 0. The van der Waals surface area contributed by atoms with E-state index < -0.39 is 11.4 Å². The molecule has 88 valence electrons. The maximum atomic E-state index is 10.7. The van der Waals surface area contributed by atoms with Gasteiger partial charge in [-0.25, -0.2) is 0 Å². The minimum Gasteiger partial charge on any atom is -0.508 e. The molecule has 1 aromatic rings. The summed E-state index contributed by atoms with van der Waals surface area (Å²) in [4.78, 5) is 10.7. The Hall–Kier alpha value is -1.71. The van der Waals surface area contributed by atoms with E-state index in [1.54, 1.807) is 26.8 Å². The molecule has 0 bridgehead atoms. The van der Waals surface area contributed by atoms with Gasteiger partial charge in [0.1, 0.15) is 11.5 Å². The highest BCUT2D eigenvalue weighted by Gasteiger charge is 2.28. The first-order valence-electron chi connectivity index (χ1n) is 4.99. The van der Waals surface area contributed by atoms with Gasteiger partial charge in [-0.3, -0.25) is 4.79 Å². The zero-order valence-electron chi connectivity index (χ0n) is 9.61.